The summed E-state index contributed by atoms with van der Waals surface area (Å²) in [6.45, 7) is 3.05. The predicted molar refractivity (Wildman–Crippen MR) is 80.0 cm³/mol. The number of para-hydroxylation sites is 1. The van der Waals surface area contributed by atoms with E-state index in [0.29, 0.717) is 16.3 Å². The third-order valence-corrected chi connectivity index (χ3v) is 3.91. The molecule has 2 nitrogen and oxygen atoms in total. The number of nitrogens with zero attached hydrogens (tertiary/aromatic N) is 2. The molecule has 1 aliphatic heterocycles. The molecular weight excluding hydrogens is 279 g/mol. The van der Waals surface area contributed by atoms with Gasteiger partial charge in [0.2, 0.25) is 0 Å². The second kappa shape index (κ2) is 5.03. The van der Waals surface area contributed by atoms with Gasteiger partial charge in [0.15, 0.2) is 0 Å². The first-order chi connectivity index (χ1) is 9.13. The van der Waals surface area contributed by atoms with Gasteiger partial charge in [-0.1, -0.05) is 41.4 Å². The van der Waals surface area contributed by atoms with Crippen LogP contribution in [-0.2, 0) is 13.0 Å². The van der Waals surface area contributed by atoms with E-state index in [0.717, 1.165) is 18.5 Å². The molecule has 1 aromatic heterocycles. The normalized spacial score (nSPS) is 17.6. The summed E-state index contributed by atoms with van der Waals surface area (Å²) in [5.74, 6) is 0. The molecule has 0 aliphatic carbocycles. The van der Waals surface area contributed by atoms with E-state index in [1.54, 1.807) is 0 Å². The first kappa shape index (κ1) is 12.8. The van der Waals surface area contributed by atoms with E-state index in [2.05, 4.69) is 41.1 Å². The Kier molecular flexibility index (Phi) is 3.38. The lowest BCUT2D eigenvalue weighted by Crippen LogP contribution is -2.28. The van der Waals surface area contributed by atoms with E-state index in [-0.39, 0.29) is 0 Å². The molecule has 2 aromatic rings. The number of rotatable bonds is 2. The highest BCUT2D eigenvalue weighted by Gasteiger charge is 2.25. The third-order valence-electron chi connectivity index (χ3n) is 3.52. The number of anilines is 1. The monoisotopic (exact) mass is 292 g/mol. The average Bonchev–Trinajstić information content (AvgIpc) is 2.65. The largest absolute Gasteiger partial charge is 0.364 e. The van der Waals surface area contributed by atoms with Crippen LogP contribution >= 0.6 is 23.2 Å². The summed E-state index contributed by atoms with van der Waals surface area (Å²) >= 11 is 11.9. The number of halogens is 2. The van der Waals surface area contributed by atoms with Crippen molar-refractivity contribution in [2.45, 2.75) is 25.9 Å². The van der Waals surface area contributed by atoms with Crippen LogP contribution in [0, 0.1) is 0 Å². The first-order valence-electron chi connectivity index (χ1n) is 6.30. The third kappa shape index (κ3) is 2.56. The van der Waals surface area contributed by atoms with Gasteiger partial charge in [0.1, 0.15) is 10.3 Å². The maximum absolute atomic E-state index is 5.96. The molecule has 4 heteroatoms. The molecule has 0 N–H and O–H groups in total. The van der Waals surface area contributed by atoms with Gasteiger partial charge >= 0.3 is 0 Å². The van der Waals surface area contributed by atoms with Crippen LogP contribution in [0.25, 0.3) is 0 Å². The molecular formula is C15H14Cl2N2. The Morgan fingerprint density at radius 3 is 2.63 bits per heavy atom. The van der Waals surface area contributed by atoms with Crippen LogP contribution in [0.1, 0.15) is 18.1 Å². The van der Waals surface area contributed by atoms with Crippen LogP contribution in [-0.4, -0.2) is 11.0 Å². The number of pyridine rings is 1. The Morgan fingerprint density at radius 2 is 1.89 bits per heavy atom. The van der Waals surface area contributed by atoms with E-state index >= 15 is 0 Å². The molecule has 0 saturated heterocycles. The molecule has 3 rings (SSSR count). The van der Waals surface area contributed by atoms with Crippen LogP contribution in [0.4, 0.5) is 5.69 Å². The van der Waals surface area contributed by atoms with Crippen molar-refractivity contribution in [2.24, 2.45) is 0 Å². The van der Waals surface area contributed by atoms with E-state index in [1.807, 2.05) is 12.1 Å². The van der Waals surface area contributed by atoms with Gasteiger partial charge in [0.05, 0.1) is 0 Å². The lowest BCUT2D eigenvalue weighted by atomic mass is 10.1. The molecule has 98 valence electrons. The number of hydrogen-bond acceptors (Lipinski definition) is 2. The van der Waals surface area contributed by atoms with Crippen molar-refractivity contribution in [1.82, 2.24) is 4.98 Å². The maximum atomic E-state index is 5.96. The van der Waals surface area contributed by atoms with Gasteiger partial charge in [-0.05, 0) is 42.7 Å². The Bertz CT molecular complexity index is 593. The van der Waals surface area contributed by atoms with Gasteiger partial charge in [0.25, 0.3) is 0 Å². The second-order valence-electron chi connectivity index (χ2n) is 4.93. The minimum Gasteiger partial charge on any atom is -0.364 e. The van der Waals surface area contributed by atoms with Crippen LogP contribution in [0.5, 0.6) is 0 Å². The van der Waals surface area contributed by atoms with Gasteiger partial charge in [-0.15, -0.1) is 0 Å². The number of benzene rings is 1. The standard InChI is InChI=1S/C15H14Cl2N2/c1-10-6-12-4-2-3-5-13(12)19(10)9-11-7-14(16)18-15(17)8-11/h2-5,7-8,10H,6,9H2,1H3. The molecule has 1 unspecified atom stereocenters. The van der Waals surface area contributed by atoms with E-state index in [9.17, 15) is 0 Å². The Balaban J connectivity index is 1.91. The van der Waals surface area contributed by atoms with Crippen LogP contribution in [0.15, 0.2) is 36.4 Å². The topological polar surface area (TPSA) is 16.1 Å². The van der Waals surface area contributed by atoms with Crippen molar-refractivity contribution < 1.29 is 0 Å². The first-order valence-corrected chi connectivity index (χ1v) is 7.05. The maximum Gasteiger partial charge on any atom is 0.131 e. The summed E-state index contributed by atoms with van der Waals surface area (Å²) in [4.78, 5) is 6.37. The molecule has 1 aromatic carbocycles. The molecule has 0 radical (unpaired) electrons. The summed E-state index contributed by atoms with van der Waals surface area (Å²) < 4.78 is 0. The van der Waals surface area contributed by atoms with Crippen molar-refractivity contribution in [3.63, 3.8) is 0 Å². The van der Waals surface area contributed by atoms with Crippen molar-refractivity contribution >= 4 is 28.9 Å². The van der Waals surface area contributed by atoms with Crippen molar-refractivity contribution in [1.29, 1.82) is 0 Å². The van der Waals surface area contributed by atoms with Gasteiger partial charge in [-0.3, -0.25) is 0 Å². The van der Waals surface area contributed by atoms with Crippen molar-refractivity contribution in [3.8, 4) is 0 Å². The fourth-order valence-corrected chi connectivity index (χ4v) is 3.18. The summed E-state index contributed by atoms with van der Waals surface area (Å²) in [7, 11) is 0. The summed E-state index contributed by atoms with van der Waals surface area (Å²) in [5.41, 5.74) is 3.80. The summed E-state index contributed by atoms with van der Waals surface area (Å²) in [6, 6.07) is 12.8. The molecule has 19 heavy (non-hydrogen) atoms. The van der Waals surface area contributed by atoms with Crippen molar-refractivity contribution in [3.05, 3.63) is 57.8 Å². The Hall–Kier alpha value is -1.25. The summed E-state index contributed by atoms with van der Waals surface area (Å²) in [6.07, 6.45) is 1.09. The smallest absolute Gasteiger partial charge is 0.131 e. The van der Waals surface area contributed by atoms with Crippen LogP contribution in [0.3, 0.4) is 0 Å². The molecule has 0 spiro atoms. The zero-order chi connectivity index (χ0) is 13.4. The highest BCUT2D eigenvalue weighted by atomic mass is 35.5. The fraction of sp³-hybridized carbons (Fsp3) is 0.267. The average molecular weight is 293 g/mol. The quantitative estimate of drug-likeness (QED) is 0.766. The number of aromatic nitrogens is 1. The van der Waals surface area contributed by atoms with E-state index in [4.69, 9.17) is 23.2 Å². The fourth-order valence-electron chi connectivity index (χ4n) is 2.67. The lowest BCUT2D eigenvalue weighted by molar-refractivity contribution is 0.672. The van der Waals surface area contributed by atoms with Crippen LogP contribution in [0.2, 0.25) is 10.3 Å². The van der Waals surface area contributed by atoms with Gasteiger partial charge in [-0.2, -0.15) is 0 Å². The molecule has 1 atom stereocenters. The van der Waals surface area contributed by atoms with E-state index < -0.39 is 0 Å². The molecule has 0 saturated carbocycles. The lowest BCUT2D eigenvalue weighted by Gasteiger charge is -2.25. The van der Waals surface area contributed by atoms with E-state index in [1.165, 1.54) is 11.3 Å². The predicted octanol–water partition coefficient (Wildman–Crippen LogP) is 4.34. The molecule has 2 heterocycles. The zero-order valence-electron chi connectivity index (χ0n) is 10.6. The molecule has 0 bridgehead atoms. The zero-order valence-corrected chi connectivity index (χ0v) is 12.1. The van der Waals surface area contributed by atoms with Gasteiger partial charge in [0, 0.05) is 18.3 Å². The SMILES string of the molecule is CC1Cc2ccccc2N1Cc1cc(Cl)nc(Cl)c1. The molecule has 1 aliphatic rings. The highest BCUT2D eigenvalue weighted by molar-refractivity contribution is 6.32. The Morgan fingerprint density at radius 1 is 1.21 bits per heavy atom. The summed E-state index contributed by atoms with van der Waals surface area (Å²) in [5, 5.41) is 0.894. The molecule has 0 amide bonds. The minimum atomic E-state index is 0.447. The number of fused-ring (bicyclic) bond motifs is 1. The molecule has 0 fully saturated rings. The van der Waals surface area contributed by atoms with Crippen LogP contribution < -0.4 is 4.90 Å². The number of hydrogen-bond donors (Lipinski definition) is 0. The van der Waals surface area contributed by atoms with Gasteiger partial charge < -0.3 is 4.90 Å². The Labute approximate surface area is 123 Å². The minimum absolute atomic E-state index is 0.447. The van der Waals surface area contributed by atoms with Crippen molar-refractivity contribution in [2.75, 3.05) is 4.90 Å². The van der Waals surface area contributed by atoms with Gasteiger partial charge in [-0.25, -0.2) is 4.98 Å². The second-order valence-corrected chi connectivity index (χ2v) is 5.71. The highest BCUT2D eigenvalue weighted by Crippen LogP contribution is 2.33.